The molecule has 4 heteroatoms. The van der Waals surface area contributed by atoms with Crippen molar-refractivity contribution < 1.29 is 4.79 Å². The molecule has 0 saturated heterocycles. The lowest BCUT2D eigenvalue weighted by molar-refractivity contribution is 0.0992. The molecule has 1 aromatic heterocycles. The van der Waals surface area contributed by atoms with Crippen LogP contribution in [0.5, 0.6) is 0 Å². The van der Waals surface area contributed by atoms with Gasteiger partial charge in [0.1, 0.15) is 0 Å². The molecule has 2 nitrogen and oxygen atoms in total. The number of aromatic nitrogens is 1. The molecule has 0 aliphatic rings. The van der Waals surface area contributed by atoms with Gasteiger partial charge in [-0.05, 0) is 36.2 Å². The first kappa shape index (κ1) is 14.2. The minimum Gasteiger partial charge on any atom is -0.294 e. The summed E-state index contributed by atoms with van der Waals surface area (Å²) in [6.07, 6.45) is 3.02. The zero-order chi connectivity index (χ0) is 13.8. The summed E-state index contributed by atoms with van der Waals surface area (Å²) < 4.78 is 0.861. The van der Waals surface area contributed by atoms with Gasteiger partial charge in [-0.15, -0.1) is 0 Å². The number of Topliss-reactive ketones (excluding diaryl/α,β-unsaturated/α-hetero) is 1. The quantitative estimate of drug-likeness (QED) is 0.769. The number of halogens is 2. The maximum absolute atomic E-state index is 12.2. The molecule has 0 radical (unpaired) electrons. The van der Waals surface area contributed by atoms with Gasteiger partial charge in [-0.1, -0.05) is 40.5 Å². The van der Waals surface area contributed by atoms with Crippen molar-refractivity contribution in [1.82, 2.24) is 4.98 Å². The highest BCUT2D eigenvalue weighted by Crippen LogP contribution is 2.22. The van der Waals surface area contributed by atoms with Gasteiger partial charge < -0.3 is 0 Å². The molecule has 0 aliphatic carbocycles. The van der Waals surface area contributed by atoms with Crippen LogP contribution in [0.15, 0.2) is 41.0 Å². The highest BCUT2D eigenvalue weighted by molar-refractivity contribution is 9.10. The second kappa shape index (κ2) is 6.31. The Bertz CT molecular complexity index is 596. The van der Waals surface area contributed by atoms with Crippen LogP contribution in [0.3, 0.4) is 0 Å². The third-order valence-electron chi connectivity index (χ3n) is 2.87. The molecule has 0 N–H and O–H groups in total. The Morgan fingerprint density at radius 2 is 2.11 bits per heavy atom. The number of aryl methyl sites for hydroxylation is 1. The van der Waals surface area contributed by atoms with Gasteiger partial charge in [-0.2, -0.15) is 0 Å². The van der Waals surface area contributed by atoms with E-state index in [2.05, 4.69) is 27.8 Å². The molecule has 0 saturated carbocycles. The predicted octanol–water partition coefficient (Wildman–Crippen LogP) is 4.49. The average Bonchev–Trinajstić information content (AvgIpc) is 2.39. The molecule has 0 amide bonds. The molecule has 0 bridgehead atoms. The number of pyridine rings is 1. The summed E-state index contributed by atoms with van der Waals surface area (Å²) in [6.45, 7) is 2.07. The second-order valence-electron chi connectivity index (χ2n) is 4.24. The van der Waals surface area contributed by atoms with Crippen LogP contribution in [0.25, 0.3) is 0 Å². The Labute approximate surface area is 126 Å². The number of hydrogen-bond donors (Lipinski definition) is 0. The lowest BCUT2D eigenvalue weighted by Crippen LogP contribution is -2.06. The van der Waals surface area contributed by atoms with Gasteiger partial charge in [-0.25, -0.2) is 0 Å². The molecule has 98 valence electrons. The monoisotopic (exact) mass is 337 g/mol. The van der Waals surface area contributed by atoms with E-state index in [0.717, 1.165) is 22.2 Å². The van der Waals surface area contributed by atoms with Crippen molar-refractivity contribution in [3.8, 4) is 0 Å². The summed E-state index contributed by atoms with van der Waals surface area (Å²) in [5.41, 5.74) is 2.46. The van der Waals surface area contributed by atoms with Crippen molar-refractivity contribution in [2.24, 2.45) is 0 Å². The van der Waals surface area contributed by atoms with E-state index in [0.29, 0.717) is 10.6 Å². The predicted molar refractivity (Wildman–Crippen MR) is 80.8 cm³/mol. The summed E-state index contributed by atoms with van der Waals surface area (Å²) in [6, 6.07) is 9.16. The van der Waals surface area contributed by atoms with Crippen molar-refractivity contribution in [2.45, 2.75) is 19.8 Å². The largest absolute Gasteiger partial charge is 0.294 e. The molecule has 1 heterocycles. The summed E-state index contributed by atoms with van der Waals surface area (Å²) in [4.78, 5) is 16.4. The van der Waals surface area contributed by atoms with Gasteiger partial charge >= 0.3 is 0 Å². The summed E-state index contributed by atoms with van der Waals surface area (Å²) in [5.74, 6) is -0.0192. The van der Waals surface area contributed by atoms with E-state index in [4.69, 9.17) is 11.6 Å². The summed E-state index contributed by atoms with van der Waals surface area (Å²) in [7, 11) is 0. The Kier molecular flexibility index (Phi) is 4.72. The minimum absolute atomic E-state index is 0.0192. The minimum atomic E-state index is -0.0192. The maximum Gasteiger partial charge on any atom is 0.170 e. The van der Waals surface area contributed by atoms with Crippen LogP contribution in [0.4, 0.5) is 0 Å². The fraction of sp³-hybridized carbons (Fsp3) is 0.200. The lowest BCUT2D eigenvalue weighted by Gasteiger charge is -2.04. The normalized spacial score (nSPS) is 10.5. The number of nitrogens with zero attached hydrogens (tertiary/aromatic N) is 1. The Balaban J connectivity index is 2.15. The first-order chi connectivity index (χ1) is 9.10. The molecular formula is C15H13BrClNO. The van der Waals surface area contributed by atoms with Crippen LogP contribution in [-0.4, -0.2) is 10.8 Å². The van der Waals surface area contributed by atoms with E-state index >= 15 is 0 Å². The van der Waals surface area contributed by atoms with E-state index in [1.54, 1.807) is 12.1 Å². The third kappa shape index (κ3) is 3.64. The van der Waals surface area contributed by atoms with Crippen LogP contribution in [0, 0.1) is 0 Å². The average molecular weight is 339 g/mol. The van der Waals surface area contributed by atoms with E-state index in [1.165, 1.54) is 0 Å². The molecule has 0 fully saturated rings. The first-order valence-electron chi connectivity index (χ1n) is 6.02. The Hall–Kier alpha value is -1.19. The number of carbonyl (C=O) groups excluding carboxylic acids is 1. The Morgan fingerprint density at radius 3 is 2.68 bits per heavy atom. The number of benzene rings is 1. The Morgan fingerprint density at radius 1 is 1.32 bits per heavy atom. The van der Waals surface area contributed by atoms with Gasteiger partial charge in [0.05, 0.1) is 11.4 Å². The standard InChI is InChI=1S/C15H13BrClNO/c1-2-10-3-5-12(18-9-10)8-15(19)13-6-4-11(16)7-14(13)17/h3-7,9H,2,8H2,1H3. The van der Waals surface area contributed by atoms with E-state index in [-0.39, 0.29) is 12.2 Å². The fourth-order valence-corrected chi connectivity index (χ4v) is 2.52. The highest BCUT2D eigenvalue weighted by atomic mass is 79.9. The number of hydrogen-bond acceptors (Lipinski definition) is 2. The van der Waals surface area contributed by atoms with Crippen LogP contribution in [0.1, 0.15) is 28.5 Å². The molecule has 0 spiro atoms. The topological polar surface area (TPSA) is 30.0 Å². The summed E-state index contributed by atoms with van der Waals surface area (Å²) >= 11 is 9.39. The van der Waals surface area contributed by atoms with Crippen molar-refractivity contribution in [3.63, 3.8) is 0 Å². The number of carbonyl (C=O) groups is 1. The van der Waals surface area contributed by atoms with Crippen LogP contribution < -0.4 is 0 Å². The van der Waals surface area contributed by atoms with Gasteiger partial charge in [0.15, 0.2) is 5.78 Å². The summed E-state index contributed by atoms with van der Waals surface area (Å²) in [5, 5.41) is 0.463. The molecule has 0 unspecified atom stereocenters. The van der Waals surface area contributed by atoms with E-state index in [9.17, 15) is 4.79 Å². The molecule has 0 aliphatic heterocycles. The molecule has 2 rings (SSSR count). The van der Waals surface area contributed by atoms with Crippen molar-refractivity contribution >= 4 is 33.3 Å². The maximum atomic E-state index is 12.2. The van der Waals surface area contributed by atoms with Crippen molar-refractivity contribution in [2.75, 3.05) is 0 Å². The molecular weight excluding hydrogens is 326 g/mol. The van der Waals surface area contributed by atoms with Gasteiger partial charge in [0.2, 0.25) is 0 Å². The second-order valence-corrected chi connectivity index (χ2v) is 5.56. The molecule has 0 atom stereocenters. The van der Waals surface area contributed by atoms with Crippen LogP contribution >= 0.6 is 27.5 Å². The molecule has 19 heavy (non-hydrogen) atoms. The van der Waals surface area contributed by atoms with Gasteiger partial charge in [0, 0.05) is 21.9 Å². The van der Waals surface area contributed by atoms with E-state index in [1.807, 2.05) is 24.4 Å². The van der Waals surface area contributed by atoms with Gasteiger partial charge in [-0.3, -0.25) is 9.78 Å². The zero-order valence-corrected chi connectivity index (χ0v) is 12.8. The zero-order valence-electron chi connectivity index (χ0n) is 10.5. The van der Waals surface area contributed by atoms with Crippen LogP contribution in [-0.2, 0) is 12.8 Å². The van der Waals surface area contributed by atoms with E-state index < -0.39 is 0 Å². The van der Waals surface area contributed by atoms with Crippen LogP contribution in [0.2, 0.25) is 5.02 Å². The number of ketones is 1. The van der Waals surface area contributed by atoms with Gasteiger partial charge in [0.25, 0.3) is 0 Å². The lowest BCUT2D eigenvalue weighted by atomic mass is 10.1. The molecule has 2 aromatic rings. The number of rotatable bonds is 4. The third-order valence-corrected chi connectivity index (χ3v) is 3.67. The smallest absolute Gasteiger partial charge is 0.170 e. The van der Waals surface area contributed by atoms with Crippen molar-refractivity contribution in [3.05, 3.63) is 62.8 Å². The fourth-order valence-electron chi connectivity index (χ4n) is 1.74. The SMILES string of the molecule is CCc1ccc(CC(=O)c2ccc(Br)cc2Cl)nc1. The highest BCUT2D eigenvalue weighted by Gasteiger charge is 2.12. The van der Waals surface area contributed by atoms with Crippen molar-refractivity contribution in [1.29, 1.82) is 0 Å². The molecule has 1 aromatic carbocycles. The first-order valence-corrected chi connectivity index (χ1v) is 7.19.